The molecule has 1 atom stereocenters. The summed E-state index contributed by atoms with van der Waals surface area (Å²) in [5.41, 5.74) is 3.19. The standard InChI is InChI=1S/C21H27N3O3/c1-14(21(26)27)12-15-8-10-17(11-9-15)22-20(25)18-13-24(2)23-19(18)16-6-4-3-5-7-16/h8-11,13-14,16H,3-7,12H2,1-2H3,(H,22,25)(H,26,27). The van der Waals surface area contributed by atoms with E-state index in [0.717, 1.165) is 24.1 Å². The molecule has 3 rings (SSSR count). The smallest absolute Gasteiger partial charge is 0.306 e. The van der Waals surface area contributed by atoms with Crippen molar-refractivity contribution in [3.05, 3.63) is 47.3 Å². The van der Waals surface area contributed by atoms with Gasteiger partial charge in [0, 0.05) is 24.8 Å². The Morgan fingerprint density at radius 3 is 2.52 bits per heavy atom. The molecule has 1 aromatic heterocycles. The molecule has 1 aromatic carbocycles. The number of benzene rings is 1. The molecule has 0 radical (unpaired) electrons. The number of nitrogens with zero attached hydrogens (tertiary/aromatic N) is 2. The SMILES string of the molecule is CC(Cc1ccc(NC(=O)c2cn(C)nc2C2CCCCC2)cc1)C(=O)O. The van der Waals surface area contributed by atoms with Crippen LogP contribution >= 0.6 is 0 Å². The Morgan fingerprint density at radius 1 is 1.22 bits per heavy atom. The number of hydrogen-bond acceptors (Lipinski definition) is 3. The third-order valence-corrected chi connectivity index (χ3v) is 5.27. The van der Waals surface area contributed by atoms with Crippen LogP contribution in [0.3, 0.4) is 0 Å². The molecular weight excluding hydrogens is 342 g/mol. The van der Waals surface area contributed by atoms with E-state index in [0.29, 0.717) is 23.6 Å². The molecule has 2 aromatic rings. The first-order valence-corrected chi connectivity index (χ1v) is 9.60. The van der Waals surface area contributed by atoms with Gasteiger partial charge in [-0.3, -0.25) is 14.3 Å². The van der Waals surface area contributed by atoms with Gasteiger partial charge in [-0.1, -0.05) is 38.3 Å². The molecule has 1 aliphatic rings. The van der Waals surface area contributed by atoms with Crippen LogP contribution in [0.4, 0.5) is 5.69 Å². The van der Waals surface area contributed by atoms with E-state index in [1.165, 1.54) is 19.3 Å². The Kier molecular flexibility index (Phi) is 5.94. The van der Waals surface area contributed by atoms with E-state index >= 15 is 0 Å². The molecule has 27 heavy (non-hydrogen) atoms. The van der Waals surface area contributed by atoms with Crippen molar-refractivity contribution in [1.82, 2.24) is 9.78 Å². The number of amides is 1. The normalized spacial score (nSPS) is 16.1. The fourth-order valence-electron chi connectivity index (χ4n) is 3.72. The summed E-state index contributed by atoms with van der Waals surface area (Å²) in [7, 11) is 1.85. The monoisotopic (exact) mass is 369 g/mol. The van der Waals surface area contributed by atoms with E-state index < -0.39 is 11.9 Å². The summed E-state index contributed by atoms with van der Waals surface area (Å²) in [4.78, 5) is 23.8. The minimum Gasteiger partial charge on any atom is -0.481 e. The number of hydrogen-bond donors (Lipinski definition) is 2. The number of aryl methyl sites for hydroxylation is 1. The van der Waals surface area contributed by atoms with Gasteiger partial charge in [0.1, 0.15) is 0 Å². The highest BCUT2D eigenvalue weighted by Gasteiger charge is 2.25. The lowest BCUT2D eigenvalue weighted by molar-refractivity contribution is -0.141. The van der Waals surface area contributed by atoms with Crippen LogP contribution in [0.1, 0.15) is 66.6 Å². The van der Waals surface area contributed by atoms with Crippen molar-refractivity contribution in [2.24, 2.45) is 13.0 Å². The molecule has 6 nitrogen and oxygen atoms in total. The van der Waals surface area contributed by atoms with Gasteiger partial charge < -0.3 is 10.4 Å². The maximum absolute atomic E-state index is 12.8. The van der Waals surface area contributed by atoms with Gasteiger partial charge in [-0.05, 0) is 37.0 Å². The second-order valence-corrected chi connectivity index (χ2v) is 7.53. The van der Waals surface area contributed by atoms with Crippen LogP contribution in [0, 0.1) is 5.92 Å². The number of carboxylic acids is 1. The second-order valence-electron chi connectivity index (χ2n) is 7.53. The summed E-state index contributed by atoms with van der Waals surface area (Å²) in [6.45, 7) is 1.69. The van der Waals surface area contributed by atoms with Gasteiger partial charge in [0.15, 0.2) is 0 Å². The van der Waals surface area contributed by atoms with Crippen LogP contribution in [-0.2, 0) is 18.3 Å². The molecule has 1 heterocycles. The molecule has 0 spiro atoms. The van der Waals surface area contributed by atoms with Gasteiger partial charge >= 0.3 is 5.97 Å². The maximum atomic E-state index is 12.8. The van der Waals surface area contributed by atoms with E-state index in [1.54, 1.807) is 17.8 Å². The lowest BCUT2D eigenvalue weighted by atomic mass is 9.85. The molecule has 2 N–H and O–H groups in total. The van der Waals surface area contributed by atoms with Crippen molar-refractivity contribution in [1.29, 1.82) is 0 Å². The Morgan fingerprint density at radius 2 is 1.89 bits per heavy atom. The molecule has 1 aliphatic carbocycles. The topological polar surface area (TPSA) is 84.2 Å². The summed E-state index contributed by atoms with van der Waals surface area (Å²) in [5, 5.41) is 16.5. The zero-order valence-corrected chi connectivity index (χ0v) is 15.9. The van der Waals surface area contributed by atoms with E-state index in [1.807, 2.05) is 31.3 Å². The number of aliphatic carboxylic acids is 1. The van der Waals surface area contributed by atoms with Gasteiger partial charge in [0.25, 0.3) is 5.91 Å². The average molecular weight is 369 g/mol. The summed E-state index contributed by atoms with van der Waals surface area (Å²) >= 11 is 0. The van der Waals surface area contributed by atoms with Crippen molar-refractivity contribution in [3.8, 4) is 0 Å². The fraction of sp³-hybridized carbons (Fsp3) is 0.476. The van der Waals surface area contributed by atoms with Crippen LogP contribution in [0.2, 0.25) is 0 Å². The van der Waals surface area contributed by atoms with E-state index in [4.69, 9.17) is 5.11 Å². The summed E-state index contributed by atoms with van der Waals surface area (Å²) in [6.07, 6.45) is 8.09. The fourth-order valence-corrected chi connectivity index (χ4v) is 3.72. The molecule has 0 aliphatic heterocycles. The summed E-state index contributed by atoms with van der Waals surface area (Å²) in [5.74, 6) is -1.02. The number of aromatic nitrogens is 2. The van der Waals surface area contributed by atoms with Crippen LogP contribution in [0.25, 0.3) is 0 Å². The molecule has 1 unspecified atom stereocenters. The van der Waals surface area contributed by atoms with Gasteiger partial charge in [-0.2, -0.15) is 5.10 Å². The van der Waals surface area contributed by atoms with Crippen LogP contribution in [-0.4, -0.2) is 26.8 Å². The largest absolute Gasteiger partial charge is 0.481 e. The number of anilines is 1. The maximum Gasteiger partial charge on any atom is 0.306 e. The number of carbonyl (C=O) groups is 2. The Hall–Kier alpha value is -2.63. The predicted octanol–water partition coefficient (Wildman–Crippen LogP) is 3.98. The van der Waals surface area contributed by atoms with Gasteiger partial charge in [-0.15, -0.1) is 0 Å². The molecule has 144 valence electrons. The first-order chi connectivity index (χ1) is 12.9. The molecule has 0 saturated heterocycles. The average Bonchev–Trinajstić information content (AvgIpc) is 3.06. The molecule has 1 amide bonds. The quantitative estimate of drug-likeness (QED) is 0.806. The minimum absolute atomic E-state index is 0.143. The highest BCUT2D eigenvalue weighted by molar-refractivity contribution is 6.05. The van der Waals surface area contributed by atoms with E-state index in [9.17, 15) is 9.59 Å². The van der Waals surface area contributed by atoms with Crippen molar-refractivity contribution < 1.29 is 14.7 Å². The van der Waals surface area contributed by atoms with Gasteiger partial charge in [-0.25, -0.2) is 0 Å². The van der Waals surface area contributed by atoms with Crippen molar-refractivity contribution in [3.63, 3.8) is 0 Å². The predicted molar refractivity (Wildman–Crippen MR) is 104 cm³/mol. The molecule has 1 fully saturated rings. The van der Waals surface area contributed by atoms with Crippen LogP contribution in [0.15, 0.2) is 30.5 Å². The Bertz CT molecular complexity index is 805. The molecule has 1 saturated carbocycles. The number of carbonyl (C=O) groups excluding carboxylic acids is 1. The molecule has 0 bridgehead atoms. The Labute approximate surface area is 159 Å². The Balaban J connectivity index is 1.69. The zero-order valence-electron chi connectivity index (χ0n) is 15.9. The lowest BCUT2D eigenvalue weighted by Gasteiger charge is -2.20. The number of carboxylic acid groups (broad SMARTS) is 1. The van der Waals surface area contributed by atoms with Gasteiger partial charge in [0.2, 0.25) is 0 Å². The van der Waals surface area contributed by atoms with Crippen molar-refractivity contribution in [2.45, 2.75) is 51.4 Å². The first-order valence-electron chi connectivity index (χ1n) is 9.60. The molecule has 6 heteroatoms. The number of rotatable bonds is 6. The molecular formula is C21H27N3O3. The highest BCUT2D eigenvalue weighted by atomic mass is 16.4. The van der Waals surface area contributed by atoms with E-state index in [2.05, 4.69) is 10.4 Å². The first kappa shape index (κ1) is 19.1. The van der Waals surface area contributed by atoms with Crippen LogP contribution in [0.5, 0.6) is 0 Å². The third-order valence-electron chi connectivity index (χ3n) is 5.27. The van der Waals surface area contributed by atoms with Crippen molar-refractivity contribution in [2.75, 3.05) is 5.32 Å². The van der Waals surface area contributed by atoms with Crippen LogP contribution < -0.4 is 5.32 Å². The third kappa shape index (κ3) is 4.76. The second kappa shape index (κ2) is 8.37. The zero-order chi connectivity index (χ0) is 19.4. The summed E-state index contributed by atoms with van der Waals surface area (Å²) in [6, 6.07) is 7.36. The van der Waals surface area contributed by atoms with Gasteiger partial charge in [0.05, 0.1) is 17.2 Å². The van der Waals surface area contributed by atoms with Crippen molar-refractivity contribution >= 4 is 17.6 Å². The number of nitrogens with one attached hydrogen (secondary N) is 1. The lowest BCUT2D eigenvalue weighted by Crippen LogP contribution is -2.16. The summed E-state index contributed by atoms with van der Waals surface area (Å²) < 4.78 is 1.72. The highest BCUT2D eigenvalue weighted by Crippen LogP contribution is 2.33. The van der Waals surface area contributed by atoms with E-state index in [-0.39, 0.29) is 5.91 Å². The minimum atomic E-state index is -0.806.